The monoisotopic (exact) mass is 440 g/mol. The molecule has 0 saturated carbocycles. The van der Waals surface area contributed by atoms with Gasteiger partial charge in [-0.25, -0.2) is 18.2 Å². The predicted molar refractivity (Wildman–Crippen MR) is 113 cm³/mol. The van der Waals surface area contributed by atoms with Crippen LogP contribution in [0.4, 0.5) is 24.7 Å². The second-order valence-corrected chi connectivity index (χ2v) is 7.22. The maximum atomic E-state index is 13.9. The van der Waals surface area contributed by atoms with E-state index in [1.165, 1.54) is 41.4 Å². The lowest BCUT2D eigenvalue weighted by Crippen LogP contribution is -2.49. The second-order valence-electron chi connectivity index (χ2n) is 7.22. The van der Waals surface area contributed by atoms with E-state index < -0.39 is 29.3 Å². The molecule has 2 heterocycles. The van der Waals surface area contributed by atoms with Crippen LogP contribution in [0.2, 0.25) is 0 Å². The molecule has 0 aliphatic carbocycles. The van der Waals surface area contributed by atoms with Gasteiger partial charge in [0.2, 0.25) is 0 Å². The first-order valence-corrected chi connectivity index (χ1v) is 9.94. The molecule has 4 rings (SSSR count). The molecule has 164 valence electrons. The zero-order valence-electron chi connectivity index (χ0n) is 16.9. The van der Waals surface area contributed by atoms with Crippen molar-refractivity contribution in [2.24, 2.45) is 0 Å². The van der Waals surface area contributed by atoms with Crippen LogP contribution >= 0.6 is 0 Å². The Morgan fingerprint density at radius 3 is 2.19 bits per heavy atom. The van der Waals surface area contributed by atoms with E-state index in [1.54, 1.807) is 18.2 Å². The lowest BCUT2D eigenvalue weighted by molar-refractivity contribution is 0.0740. The van der Waals surface area contributed by atoms with Crippen molar-refractivity contribution < 1.29 is 22.8 Å². The maximum absolute atomic E-state index is 13.9. The SMILES string of the molecule is O=C(Nc1ccc(N2CCN(C(=O)c3cccc(F)c3F)CC2)nc1)c1ccccc1F. The molecule has 1 N–H and O–H groups in total. The zero-order chi connectivity index (χ0) is 22.7. The molecule has 32 heavy (non-hydrogen) atoms. The number of nitrogens with zero attached hydrogens (tertiary/aromatic N) is 3. The van der Waals surface area contributed by atoms with E-state index in [0.717, 1.165) is 6.07 Å². The molecule has 3 aromatic rings. The van der Waals surface area contributed by atoms with Crippen LogP contribution in [0.25, 0.3) is 0 Å². The van der Waals surface area contributed by atoms with Gasteiger partial charge in [-0.3, -0.25) is 9.59 Å². The average molecular weight is 440 g/mol. The summed E-state index contributed by atoms with van der Waals surface area (Å²) < 4.78 is 41.1. The summed E-state index contributed by atoms with van der Waals surface area (Å²) >= 11 is 0. The Kier molecular flexibility index (Phi) is 6.07. The Balaban J connectivity index is 1.36. The minimum Gasteiger partial charge on any atom is -0.353 e. The summed E-state index contributed by atoms with van der Waals surface area (Å²) in [6, 6.07) is 12.6. The van der Waals surface area contributed by atoms with Crippen molar-refractivity contribution in [1.82, 2.24) is 9.88 Å². The maximum Gasteiger partial charge on any atom is 0.258 e. The molecule has 1 aliphatic rings. The largest absolute Gasteiger partial charge is 0.353 e. The van der Waals surface area contributed by atoms with Gasteiger partial charge < -0.3 is 15.1 Å². The van der Waals surface area contributed by atoms with Crippen LogP contribution < -0.4 is 10.2 Å². The number of piperazine rings is 1. The lowest BCUT2D eigenvalue weighted by atomic mass is 10.1. The normalized spacial score (nSPS) is 13.7. The molecule has 0 atom stereocenters. The molecule has 1 aromatic heterocycles. The van der Waals surface area contributed by atoms with Crippen LogP contribution in [0.1, 0.15) is 20.7 Å². The van der Waals surface area contributed by atoms with Gasteiger partial charge in [0.1, 0.15) is 11.6 Å². The van der Waals surface area contributed by atoms with Crippen LogP contribution in [0.15, 0.2) is 60.8 Å². The highest BCUT2D eigenvalue weighted by Crippen LogP contribution is 2.19. The number of pyridine rings is 1. The first-order valence-electron chi connectivity index (χ1n) is 9.94. The minimum absolute atomic E-state index is 0.0629. The van der Waals surface area contributed by atoms with Crippen molar-refractivity contribution >= 4 is 23.3 Å². The van der Waals surface area contributed by atoms with E-state index in [9.17, 15) is 22.8 Å². The number of anilines is 2. The average Bonchev–Trinajstić information content (AvgIpc) is 2.81. The minimum atomic E-state index is -1.14. The molecular formula is C23H19F3N4O2. The van der Waals surface area contributed by atoms with Gasteiger partial charge in [-0.05, 0) is 36.4 Å². The van der Waals surface area contributed by atoms with Gasteiger partial charge in [-0.1, -0.05) is 18.2 Å². The van der Waals surface area contributed by atoms with E-state index in [-0.39, 0.29) is 11.1 Å². The molecule has 1 aliphatic heterocycles. The third-order valence-corrected chi connectivity index (χ3v) is 5.20. The second kappa shape index (κ2) is 9.09. The highest BCUT2D eigenvalue weighted by atomic mass is 19.2. The lowest BCUT2D eigenvalue weighted by Gasteiger charge is -2.35. The van der Waals surface area contributed by atoms with Crippen molar-refractivity contribution in [3.63, 3.8) is 0 Å². The van der Waals surface area contributed by atoms with Crippen molar-refractivity contribution in [3.8, 4) is 0 Å². The molecule has 1 saturated heterocycles. The fourth-order valence-corrected chi connectivity index (χ4v) is 3.47. The van der Waals surface area contributed by atoms with Gasteiger partial charge in [0.25, 0.3) is 11.8 Å². The standard InChI is InChI=1S/C23H19F3N4O2/c24-18-6-2-1-4-16(18)22(31)28-15-8-9-20(27-14-15)29-10-12-30(13-11-29)23(32)17-5-3-7-19(25)21(17)26/h1-9,14H,10-13H2,(H,28,31). The van der Waals surface area contributed by atoms with Crippen LogP contribution in [-0.4, -0.2) is 47.9 Å². The highest BCUT2D eigenvalue weighted by Gasteiger charge is 2.25. The third kappa shape index (κ3) is 4.41. The molecule has 0 radical (unpaired) electrons. The first-order chi connectivity index (χ1) is 15.4. The van der Waals surface area contributed by atoms with Crippen LogP contribution in [0, 0.1) is 17.5 Å². The van der Waals surface area contributed by atoms with Crippen molar-refractivity contribution in [3.05, 3.63) is 89.4 Å². The van der Waals surface area contributed by atoms with Crippen LogP contribution in [-0.2, 0) is 0 Å². The molecule has 6 nitrogen and oxygen atoms in total. The molecule has 0 unspecified atom stereocenters. The summed E-state index contributed by atoms with van der Waals surface area (Å²) in [5, 5.41) is 2.60. The number of rotatable bonds is 4. The highest BCUT2D eigenvalue weighted by molar-refractivity contribution is 6.04. The quantitative estimate of drug-likeness (QED) is 0.672. The number of carbonyl (C=O) groups is 2. The topological polar surface area (TPSA) is 65.5 Å². The Hall–Kier alpha value is -3.88. The summed E-state index contributed by atoms with van der Waals surface area (Å²) in [5.74, 6) is -3.30. The van der Waals surface area contributed by atoms with Crippen molar-refractivity contribution in [2.45, 2.75) is 0 Å². The summed E-state index contributed by atoms with van der Waals surface area (Å²) in [7, 11) is 0. The van der Waals surface area contributed by atoms with E-state index in [2.05, 4.69) is 10.3 Å². The predicted octanol–water partition coefficient (Wildman–Crippen LogP) is 3.71. The van der Waals surface area contributed by atoms with Crippen LogP contribution in [0.3, 0.4) is 0 Å². The van der Waals surface area contributed by atoms with Crippen molar-refractivity contribution in [2.75, 3.05) is 36.4 Å². The van der Waals surface area contributed by atoms with Gasteiger partial charge in [-0.15, -0.1) is 0 Å². The molecule has 9 heteroatoms. The molecule has 0 spiro atoms. The van der Waals surface area contributed by atoms with Crippen molar-refractivity contribution in [1.29, 1.82) is 0 Å². The van der Waals surface area contributed by atoms with Gasteiger partial charge in [0, 0.05) is 26.2 Å². The molecule has 2 aromatic carbocycles. The Morgan fingerprint density at radius 2 is 1.50 bits per heavy atom. The summed E-state index contributed by atoms with van der Waals surface area (Å²) in [4.78, 5) is 32.5. The van der Waals surface area contributed by atoms with E-state index in [1.807, 2.05) is 4.90 Å². The Morgan fingerprint density at radius 1 is 0.812 bits per heavy atom. The van der Waals surface area contributed by atoms with Gasteiger partial charge >= 0.3 is 0 Å². The summed E-state index contributed by atoms with van der Waals surface area (Å²) in [5.41, 5.74) is 0.0658. The number of halogens is 3. The number of hydrogen-bond acceptors (Lipinski definition) is 4. The Labute approximate surface area is 182 Å². The van der Waals surface area contributed by atoms with Crippen LogP contribution in [0.5, 0.6) is 0 Å². The summed E-state index contributed by atoms with van der Waals surface area (Å²) in [6.45, 7) is 1.55. The molecule has 2 amide bonds. The number of nitrogens with one attached hydrogen (secondary N) is 1. The Bertz CT molecular complexity index is 1150. The fraction of sp³-hybridized carbons (Fsp3) is 0.174. The third-order valence-electron chi connectivity index (χ3n) is 5.20. The molecule has 0 bridgehead atoms. The number of carbonyl (C=O) groups excluding carboxylic acids is 2. The molecular weight excluding hydrogens is 421 g/mol. The number of aromatic nitrogens is 1. The van der Waals surface area contributed by atoms with E-state index in [4.69, 9.17) is 0 Å². The van der Waals surface area contributed by atoms with Gasteiger partial charge in [-0.2, -0.15) is 0 Å². The van der Waals surface area contributed by atoms with Gasteiger partial charge in [0.15, 0.2) is 11.6 Å². The first kappa shape index (κ1) is 21.4. The number of benzene rings is 2. The number of amides is 2. The number of hydrogen-bond donors (Lipinski definition) is 1. The summed E-state index contributed by atoms with van der Waals surface area (Å²) in [6.07, 6.45) is 1.47. The van der Waals surface area contributed by atoms with E-state index >= 15 is 0 Å². The molecule has 1 fully saturated rings. The zero-order valence-corrected chi connectivity index (χ0v) is 16.9. The fourth-order valence-electron chi connectivity index (χ4n) is 3.47. The van der Waals surface area contributed by atoms with Gasteiger partial charge in [0.05, 0.1) is 23.0 Å². The van der Waals surface area contributed by atoms with E-state index in [0.29, 0.717) is 37.7 Å². The smallest absolute Gasteiger partial charge is 0.258 e.